The largest absolute Gasteiger partial charge is 0.507 e. The molecule has 3 aromatic rings. The molecule has 200 valence electrons. The number of esters is 1. The van der Waals surface area contributed by atoms with Gasteiger partial charge < -0.3 is 24.4 Å². The number of anilines is 3. The molecule has 2 heterocycles. The predicted molar refractivity (Wildman–Crippen MR) is 149 cm³/mol. The third-order valence-electron chi connectivity index (χ3n) is 7.04. The number of aliphatic hydroxyl groups excluding tert-OH is 1. The van der Waals surface area contributed by atoms with Gasteiger partial charge in [-0.3, -0.25) is 14.5 Å². The minimum atomic E-state index is -0.931. The van der Waals surface area contributed by atoms with Gasteiger partial charge in [-0.15, -0.1) is 0 Å². The van der Waals surface area contributed by atoms with Gasteiger partial charge in [-0.2, -0.15) is 0 Å². The van der Waals surface area contributed by atoms with Gasteiger partial charge in [0.05, 0.1) is 36.5 Å². The van der Waals surface area contributed by atoms with Crippen LogP contribution in [-0.2, 0) is 14.3 Å². The van der Waals surface area contributed by atoms with Crippen LogP contribution < -0.4 is 19.4 Å². The van der Waals surface area contributed by atoms with Crippen LogP contribution >= 0.6 is 0 Å². The van der Waals surface area contributed by atoms with Crippen LogP contribution in [0.15, 0.2) is 72.3 Å². The first-order valence-corrected chi connectivity index (χ1v) is 12.5. The Hall–Kier alpha value is -4.79. The highest BCUT2D eigenvalue weighted by Crippen LogP contribution is 2.43. The topological polar surface area (TPSA) is 99.6 Å². The lowest BCUT2D eigenvalue weighted by atomic mass is 9.94. The van der Waals surface area contributed by atoms with Crippen molar-refractivity contribution < 1.29 is 29.0 Å². The van der Waals surface area contributed by atoms with Crippen LogP contribution in [0.1, 0.15) is 27.5 Å². The van der Waals surface area contributed by atoms with Crippen LogP contribution in [0.5, 0.6) is 5.75 Å². The van der Waals surface area contributed by atoms with Gasteiger partial charge in [0.1, 0.15) is 18.1 Å². The summed E-state index contributed by atoms with van der Waals surface area (Å²) in [6.45, 7) is 1.23. The Morgan fingerprint density at radius 1 is 1.03 bits per heavy atom. The van der Waals surface area contributed by atoms with Crippen molar-refractivity contribution in [1.82, 2.24) is 0 Å². The van der Waals surface area contributed by atoms with Gasteiger partial charge in [-0.25, -0.2) is 4.79 Å². The van der Waals surface area contributed by atoms with Crippen LogP contribution in [0.2, 0.25) is 0 Å². The number of nitrogens with zero attached hydrogens (tertiary/aromatic N) is 3. The summed E-state index contributed by atoms with van der Waals surface area (Å²) < 4.78 is 10.6. The number of hydrogen-bond donors (Lipinski definition) is 1. The molecule has 39 heavy (non-hydrogen) atoms. The minimum absolute atomic E-state index is 0.0413. The van der Waals surface area contributed by atoms with Gasteiger partial charge in [0.25, 0.3) is 11.7 Å². The monoisotopic (exact) mass is 527 g/mol. The molecule has 1 fully saturated rings. The molecular formula is C30H29N3O6. The number of benzene rings is 3. The standard InChI is InChI=1S/C30H29N3O6/c1-31(2)21-11-8-18(9-12-21)26-25(27(34)19-10-13-24-23(17-19)32(3)14-15-39-24)28(35)29(36)33(26)22-7-5-6-20(16-22)30(37)38-4/h5-13,16-17,26,34H,14-15H2,1-4H3/b27-25-. The summed E-state index contributed by atoms with van der Waals surface area (Å²) in [7, 11) is 7.02. The molecule has 0 radical (unpaired) electrons. The SMILES string of the molecule is COC(=O)c1cccc(N2C(=O)C(=O)/C(=C(\O)c3ccc4c(c3)N(C)CCO4)C2c2ccc(N(C)C)cc2)c1. The summed E-state index contributed by atoms with van der Waals surface area (Å²) in [5, 5.41) is 11.6. The fourth-order valence-electron chi connectivity index (χ4n) is 4.92. The Bertz CT molecular complexity index is 1490. The number of amides is 1. The van der Waals surface area contributed by atoms with Gasteiger partial charge in [0, 0.05) is 38.1 Å². The lowest BCUT2D eigenvalue weighted by Gasteiger charge is -2.28. The van der Waals surface area contributed by atoms with Crippen molar-refractivity contribution in [3.8, 4) is 5.75 Å². The Morgan fingerprint density at radius 2 is 1.77 bits per heavy atom. The zero-order valence-corrected chi connectivity index (χ0v) is 22.2. The number of likely N-dealkylation sites (N-methyl/N-ethyl adjacent to an activating group) is 1. The average Bonchev–Trinajstić information content (AvgIpc) is 3.22. The summed E-state index contributed by atoms with van der Waals surface area (Å²) in [6.07, 6.45) is 0. The molecule has 1 saturated heterocycles. The molecule has 1 amide bonds. The van der Waals surface area contributed by atoms with E-state index in [1.165, 1.54) is 18.1 Å². The molecular weight excluding hydrogens is 498 g/mol. The normalized spacial score (nSPS) is 18.0. The summed E-state index contributed by atoms with van der Waals surface area (Å²) in [4.78, 5) is 44.6. The molecule has 2 aliphatic rings. The second-order valence-corrected chi connectivity index (χ2v) is 9.65. The van der Waals surface area contributed by atoms with Crippen molar-refractivity contribution in [2.24, 2.45) is 0 Å². The van der Waals surface area contributed by atoms with Gasteiger partial charge in [0.15, 0.2) is 0 Å². The first kappa shape index (κ1) is 25.8. The lowest BCUT2D eigenvalue weighted by Crippen LogP contribution is -2.29. The second-order valence-electron chi connectivity index (χ2n) is 9.65. The van der Waals surface area contributed by atoms with Crippen molar-refractivity contribution in [2.75, 3.05) is 56.1 Å². The highest BCUT2D eigenvalue weighted by atomic mass is 16.5. The predicted octanol–water partition coefficient (Wildman–Crippen LogP) is 3.99. The summed E-state index contributed by atoms with van der Waals surface area (Å²) in [6, 6.07) is 18.0. The molecule has 2 aliphatic heterocycles. The number of Topliss-reactive ketones (excluding diaryl/α,β-unsaturated/α-hetero) is 1. The van der Waals surface area contributed by atoms with Crippen LogP contribution in [0.4, 0.5) is 17.1 Å². The minimum Gasteiger partial charge on any atom is -0.507 e. The number of hydrogen-bond acceptors (Lipinski definition) is 8. The maximum absolute atomic E-state index is 13.5. The maximum Gasteiger partial charge on any atom is 0.337 e. The molecule has 9 nitrogen and oxygen atoms in total. The third-order valence-corrected chi connectivity index (χ3v) is 7.04. The molecule has 9 heteroatoms. The number of methoxy groups -OCH3 is 1. The maximum atomic E-state index is 13.5. The Balaban J connectivity index is 1.69. The van der Waals surface area contributed by atoms with E-state index in [1.807, 2.05) is 55.2 Å². The van der Waals surface area contributed by atoms with E-state index in [2.05, 4.69) is 0 Å². The molecule has 0 spiro atoms. The fraction of sp³-hybridized carbons (Fsp3) is 0.233. The quantitative estimate of drug-likeness (QED) is 0.230. The number of ether oxygens (including phenoxy) is 2. The van der Waals surface area contributed by atoms with E-state index in [-0.39, 0.29) is 16.9 Å². The average molecular weight is 528 g/mol. The van der Waals surface area contributed by atoms with Crippen LogP contribution in [0.3, 0.4) is 0 Å². The highest BCUT2D eigenvalue weighted by Gasteiger charge is 2.47. The molecule has 1 N–H and O–H groups in total. The summed E-state index contributed by atoms with van der Waals surface area (Å²) >= 11 is 0. The highest BCUT2D eigenvalue weighted by molar-refractivity contribution is 6.51. The van der Waals surface area contributed by atoms with Gasteiger partial charge in [-0.1, -0.05) is 18.2 Å². The molecule has 0 aliphatic carbocycles. The van der Waals surface area contributed by atoms with Crippen LogP contribution in [0, 0.1) is 0 Å². The molecule has 3 aromatic carbocycles. The Morgan fingerprint density at radius 3 is 2.46 bits per heavy atom. The number of carbonyl (C=O) groups is 3. The molecule has 0 aromatic heterocycles. The Kier molecular flexibility index (Phi) is 6.74. The van der Waals surface area contributed by atoms with E-state index in [0.717, 1.165) is 11.4 Å². The first-order chi connectivity index (χ1) is 18.7. The second kappa shape index (κ2) is 10.2. The number of ketones is 1. The van der Waals surface area contributed by atoms with Crippen LogP contribution in [0.25, 0.3) is 5.76 Å². The van der Waals surface area contributed by atoms with E-state index < -0.39 is 23.7 Å². The summed E-state index contributed by atoms with van der Waals surface area (Å²) in [5.41, 5.74) is 3.25. The lowest BCUT2D eigenvalue weighted by molar-refractivity contribution is -0.132. The van der Waals surface area contributed by atoms with Crippen molar-refractivity contribution in [2.45, 2.75) is 6.04 Å². The Labute approximate surface area is 226 Å². The van der Waals surface area contributed by atoms with Gasteiger partial charge >= 0.3 is 5.97 Å². The van der Waals surface area contributed by atoms with Gasteiger partial charge in [-0.05, 0) is 54.1 Å². The van der Waals surface area contributed by atoms with E-state index in [9.17, 15) is 19.5 Å². The number of aliphatic hydroxyl groups is 1. The molecule has 5 rings (SSSR count). The molecule has 0 saturated carbocycles. The van der Waals surface area contributed by atoms with E-state index in [1.54, 1.807) is 36.4 Å². The van der Waals surface area contributed by atoms with E-state index >= 15 is 0 Å². The van der Waals surface area contributed by atoms with Crippen molar-refractivity contribution in [3.63, 3.8) is 0 Å². The number of rotatable bonds is 5. The van der Waals surface area contributed by atoms with Crippen molar-refractivity contribution in [1.29, 1.82) is 0 Å². The smallest absolute Gasteiger partial charge is 0.337 e. The van der Waals surface area contributed by atoms with Crippen molar-refractivity contribution in [3.05, 3.63) is 89.0 Å². The summed E-state index contributed by atoms with van der Waals surface area (Å²) in [5.74, 6) is -1.81. The zero-order valence-electron chi connectivity index (χ0n) is 22.2. The van der Waals surface area contributed by atoms with Crippen molar-refractivity contribution >= 4 is 40.5 Å². The van der Waals surface area contributed by atoms with E-state index in [0.29, 0.717) is 35.7 Å². The zero-order chi connectivity index (χ0) is 27.8. The molecule has 1 unspecified atom stereocenters. The fourth-order valence-corrected chi connectivity index (χ4v) is 4.92. The van der Waals surface area contributed by atoms with Crippen LogP contribution in [-0.4, -0.2) is 64.2 Å². The number of carbonyl (C=O) groups excluding carboxylic acids is 3. The number of fused-ring (bicyclic) bond motifs is 1. The van der Waals surface area contributed by atoms with E-state index in [4.69, 9.17) is 9.47 Å². The van der Waals surface area contributed by atoms with Gasteiger partial charge in [0.2, 0.25) is 0 Å². The molecule has 0 bridgehead atoms. The molecule has 1 atom stereocenters. The third kappa shape index (κ3) is 4.56. The first-order valence-electron chi connectivity index (χ1n) is 12.5.